The van der Waals surface area contributed by atoms with Crippen molar-refractivity contribution in [1.29, 1.82) is 5.26 Å². The number of nitriles is 1. The number of nitrogen functional groups attached to an aromatic ring is 1. The van der Waals surface area contributed by atoms with E-state index in [1.807, 2.05) is 6.07 Å². The molecular formula is C13H16BrN3O2. The number of ketones is 1. The van der Waals surface area contributed by atoms with Gasteiger partial charge in [0.25, 0.3) is 0 Å². The van der Waals surface area contributed by atoms with Gasteiger partial charge in [-0.05, 0) is 48.8 Å². The van der Waals surface area contributed by atoms with Crippen LogP contribution in [-0.4, -0.2) is 28.1 Å². The Balaban J connectivity index is 3.02. The predicted octanol–water partition coefficient (Wildman–Crippen LogP) is 2.58. The summed E-state index contributed by atoms with van der Waals surface area (Å²) in [5.41, 5.74) is 6.03. The molecule has 3 N–H and O–H groups in total. The maximum Gasteiger partial charge on any atom is 0.179 e. The van der Waals surface area contributed by atoms with Crippen LogP contribution in [0, 0.1) is 11.3 Å². The molecule has 1 aromatic rings. The van der Waals surface area contributed by atoms with Gasteiger partial charge < -0.3 is 10.9 Å². The normalized spacial score (nSPS) is 11.4. The molecule has 0 fully saturated rings. The number of hydroxylamine groups is 2. The highest BCUT2D eigenvalue weighted by Crippen LogP contribution is 2.25. The third-order valence-electron chi connectivity index (χ3n) is 2.64. The zero-order chi connectivity index (χ0) is 14.8. The van der Waals surface area contributed by atoms with Crippen molar-refractivity contribution in [2.75, 3.05) is 12.3 Å². The van der Waals surface area contributed by atoms with Crippen molar-refractivity contribution in [2.45, 2.75) is 26.3 Å². The highest BCUT2D eigenvalue weighted by atomic mass is 79.9. The minimum absolute atomic E-state index is 0.148. The van der Waals surface area contributed by atoms with Crippen LogP contribution in [-0.2, 0) is 0 Å². The van der Waals surface area contributed by atoms with E-state index in [2.05, 4.69) is 15.9 Å². The molecule has 0 saturated carbocycles. The van der Waals surface area contributed by atoms with E-state index in [4.69, 9.17) is 11.0 Å². The van der Waals surface area contributed by atoms with E-state index in [1.165, 1.54) is 6.07 Å². The van der Waals surface area contributed by atoms with Gasteiger partial charge in [-0.25, -0.2) is 0 Å². The summed E-state index contributed by atoms with van der Waals surface area (Å²) in [6.45, 7) is 5.23. The molecule has 0 aliphatic heterocycles. The van der Waals surface area contributed by atoms with E-state index in [9.17, 15) is 10.0 Å². The first kappa shape index (κ1) is 15.6. The van der Waals surface area contributed by atoms with Gasteiger partial charge in [0.05, 0.1) is 17.8 Å². The topological polar surface area (TPSA) is 90.3 Å². The number of carbonyl (C=O) groups is 1. The van der Waals surface area contributed by atoms with Crippen molar-refractivity contribution in [3.63, 3.8) is 0 Å². The molecule has 0 atom stereocenters. The number of carbonyl (C=O) groups excluding carboxylic acids is 1. The summed E-state index contributed by atoms with van der Waals surface area (Å²) in [6.07, 6.45) is 0. The number of nitrogens with zero attached hydrogens (tertiary/aromatic N) is 2. The molecule has 0 heterocycles. The Morgan fingerprint density at radius 1 is 1.53 bits per heavy atom. The second-order valence-electron chi connectivity index (χ2n) is 5.18. The fourth-order valence-corrected chi connectivity index (χ4v) is 1.80. The lowest BCUT2D eigenvalue weighted by molar-refractivity contribution is -0.146. The summed E-state index contributed by atoms with van der Waals surface area (Å²) < 4.78 is 0.496. The van der Waals surface area contributed by atoms with Crippen LogP contribution in [0.4, 0.5) is 5.69 Å². The fourth-order valence-electron chi connectivity index (χ4n) is 1.34. The molecule has 1 rings (SSSR count). The number of hydrogen-bond donors (Lipinski definition) is 2. The minimum Gasteiger partial charge on any atom is -0.397 e. The smallest absolute Gasteiger partial charge is 0.179 e. The molecule has 0 aromatic heterocycles. The average Bonchev–Trinajstić information content (AvgIpc) is 2.31. The first-order chi connectivity index (χ1) is 8.66. The van der Waals surface area contributed by atoms with Gasteiger partial charge in [-0.1, -0.05) is 0 Å². The van der Waals surface area contributed by atoms with E-state index in [0.29, 0.717) is 15.7 Å². The van der Waals surface area contributed by atoms with Crippen molar-refractivity contribution in [3.05, 3.63) is 27.7 Å². The Bertz CT molecular complexity index is 544. The zero-order valence-corrected chi connectivity index (χ0v) is 12.7. The maximum atomic E-state index is 12.1. The van der Waals surface area contributed by atoms with Gasteiger partial charge in [-0.3, -0.25) is 4.79 Å². The third-order valence-corrected chi connectivity index (χ3v) is 3.30. The van der Waals surface area contributed by atoms with Gasteiger partial charge in [0.2, 0.25) is 0 Å². The highest BCUT2D eigenvalue weighted by Gasteiger charge is 2.23. The van der Waals surface area contributed by atoms with Gasteiger partial charge in [0.1, 0.15) is 6.07 Å². The van der Waals surface area contributed by atoms with Crippen LogP contribution < -0.4 is 5.73 Å². The standard InChI is InChI=1S/C13H16BrN3O2/c1-13(2,3)17(19)7-11(18)8-4-9(6-15)12(16)10(14)5-8/h4-5,19H,7,16H2,1-3H3. The van der Waals surface area contributed by atoms with Crippen LogP contribution in [0.25, 0.3) is 0 Å². The molecular weight excluding hydrogens is 310 g/mol. The van der Waals surface area contributed by atoms with Crippen molar-refractivity contribution >= 4 is 27.4 Å². The van der Waals surface area contributed by atoms with Gasteiger partial charge in [0.15, 0.2) is 5.78 Å². The Morgan fingerprint density at radius 3 is 2.58 bits per heavy atom. The van der Waals surface area contributed by atoms with Crippen LogP contribution >= 0.6 is 15.9 Å². The summed E-state index contributed by atoms with van der Waals surface area (Å²) in [5.74, 6) is -0.283. The number of hydrogen-bond acceptors (Lipinski definition) is 5. The average molecular weight is 326 g/mol. The number of halogens is 1. The number of anilines is 1. The van der Waals surface area contributed by atoms with E-state index in [1.54, 1.807) is 26.8 Å². The van der Waals surface area contributed by atoms with Crippen molar-refractivity contribution < 1.29 is 10.0 Å². The van der Waals surface area contributed by atoms with Crippen molar-refractivity contribution in [3.8, 4) is 6.07 Å². The Hall–Kier alpha value is -1.42. The van der Waals surface area contributed by atoms with Gasteiger partial charge in [-0.2, -0.15) is 10.3 Å². The lowest BCUT2D eigenvalue weighted by Gasteiger charge is -2.28. The molecule has 0 aliphatic rings. The molecule has 0 aliphatic carbocycles. The fraction of sp³-hybridized carbons (Fsp3) is 0.385. The summed E-state index contributed by atoms with van der Waals surface area (Å²) >= 11 is 3.21. The third kappa shape index (κ3) is 3.77. The molecule has 0 saturated heterocycles. The lowest BCUT2D eigenvalue weighted by Crippen LogP contribution is -2.41. The number of rotatable bonds is 3. The first-order valence-corrected chi connectivity index (χ1v) is 6.45. The monoisotopic (exact) mass is 325 g/mol. The lowest BCUT2D eigenvalue weighted by atomic mass is 10.0. The first-order valence-electron chi connectivity index (χ1n) is 5.65. The summed E-state index contributed by atoms with van der Waals surface area (Å²) in [4.78, 5) is 12.1. The molecule has 0 amide bonds. The summed E-state index contributed by atoms with van der Waals surface area (Å²) in [5, 5.41) is 19.7. The van der Waals surface area contributed by atoms with Crippen molar-refractivity contribution in [2.24, 2.45) is 0 Å². The van der Waals surface area contributed by atoms with Crippen LogP contribution in [0.15, 0.2) is 16.6 Å². The largest absolute Gasteiger partial charge is 0.397 e. The number of benzene rings is 1. The molecule has 0 unspecified atom stereocenters. The van der Waals surface area contributed by atoms with Gasteiger partial charge in [0, 0.05) is 15.6 Å². The summed E-state index contributed by atoms with van der Waals surface area (Å²) in [7, 11) is 0. The number of Topliss-reactive ketones (excluding diaryl/α,β-unsaturated/α-hetero) is 1. The van der Waals surface area contributed by atoms with Gasteiger partial charge >= 0.3 is 0 Å². The quantitative estimate of drug-likeness (QED) is 0.506. The second-order valence-corrected chi connectivity index (χ2v) is 6.04. The SMILES string of the molecule is CC(C)(C)N(O)CC(=O)c1cc(Br)c(N)c(C#N)c1. The Labute approximate surface area is 120 Å². The Morgan fingerprint density at radius 2 is 2.11 bits per heavy atom. The van der Waals surface area contributed by atoms with Crippen LogP contribution in [0.5, 0.6) is 0 Å². The maximum absolute atomic E-state index is 12.1. The van der Waals surface area contributed by atoms with E-state index >= 15 is 0 Å². The van der Waals surface area contributed by atoms with E-state index < -0.39 is 5.54 Å². The van der Waals surface area contributed by atoms with Crippen LogP contribution in [0.3, 0.4) is 0 Å². The van der Waals surface area contributed by atoms with E-state index in [-0.39, 0.29) is 17.9 Å². The second kappa shape index (κ2) is 5.70. The molecule has 0 bridgehead atoms. The van der Waals surface area contributed by atoms with Crippen LogP contribution in [0.2, 0.25) is 0 Å². The molecule has 0 radical (unpaired) electrons. The molecule has 102 valence electrons. The molecule has 19 heavy (non-hydrogen) atoms. The molecule has 0 spiro atoms. The number of nitrogens with two attached hydrogens (primary N) is 1. The zero-order valence-electron chi connectivity index (χ0n) is 11.1. The van der Waals surface area contributed by atoms with E-state index in [0.717, 1.165) is 5.06 Å². The van der Waals surface area contributed by atoms with Gasteiger partial charge in [-0.15, -0.1) is 0 Å². The highest BCUT2D eigenvalue weighted by molar-refractivity contribution is 9.10. The molecule has 1 aromatic carbocycles. The Kier molecular flexibility index (Phi) is 4.69. The molecule has 6 heteroatoms. The molecule has 5 nitrogen and oxygen atoms in total. The van der Waals surface area contributed by atoms with Crippen molar-refractivity contribution in [1.82, 2.24) is 5.06 Å². The minimum atomic E-state index is -0.529. The summed E-state index contributed by atoms with van der Waals surface area (Å²) in [6, 6.07) is 4.91. The predicted molar refractivity (Wildman–Crippen MR) is 75.8 cm³/mol. The van der Waals surface area contributed by atoms with Crippen LogP contribution in [0.1, 0.15) is 36.7 Å².